The quantitative estimate of drug-likeness (QED) is 0.672. The van der Waals surface area contributed by atoms with Crippen LogP contribution in [0.5, 0.6) is 0 Å². The molecule has 76 valence electrons. The minimum absolute atomic E-state index is 0.0109. The highest BCUT2D eigenvalue weighted by atomic mass is 16.5. The number of nitrogens with one attached hydrogen (secondary N) is 1. The molecule has 0 radical (unpaired) electrons. The van der Waals surface area contributed by atoms with Gasteiger partial charge in [0.05, 0.1) is 6.61 Å². The van der Waals surface area contributed by atoms with E-state index in [4.69, 9.17) is 4.74 Å². The van der Waals surface area contributed by atoms with Crippen molar-refractivity contribution in [3.63, 3.8) is 0 Å². The van der Waals surface area contributed by atoms with Gasteiger partial charge in [-0.2, -0.15) is 0 Å². The molecule has 0 amide bonds. The molecule has 2 nitrogen and oxygen atoms in total. The molecule has 2 aliphatic rings. The van der Waals surface area contributed by atoms with Crippen LogP contribution in [0, 0.1) is 11.8 Å². The molecule has 0 aromatic heterocycles. The van der Waals surface area contributed by atoms with Crippen LogP contribution in [0.4, 0.5) is 0 Å². The first-order valence-corrected chi connectivity index (χ1v) is 5.60. The fourth-order valence-electron chi connectivity index (χ4n) is 2.54. The summed E-state index contributed by atoms with van der Waals surface area (Å²) in [4.78, 5) is 0. The molecular weight excluding hydrogens is 162 g/mol. The number of hydrogen-bond donors (Lipinski definition) is 1. The molecule has 1 N–H and O–H groups in total. The van der Waals surface area contributed by atoms with Gasteiger partial charge >= 0.3 is 0 Å². The van der Waals surface area contributed by atoms with Gasteiger partial charge in [-0.1, -0.05) is 19.8 Å². The third-order valence-electron chi connectivity index (χ3n) is 3.60. The molecular formula is C11H21NO. The van der Waals surface area contributed by atoms with E-state index in [-0.39, 0.29) is 5.72 Å². The van der Waals surface area contributed by atoms with E-state index >= 15 is 0 Å². The summed E-state index contributed by atoms with van der Waals surface area (Å²) >= 11 is 0. The Bertz CT molecular complexity index is 167. The van der Waals surface area contributed by atoms with Crippen molar-refractivity contribution < 1.29 is 4.74 Å². The van der Waals surface area contributed by atoms with E-state index in [9.17, 15) is 0 Å². The SMILES string of the molecule is CC1CNC(C)(C2CCCC2)OC1. The lowest BCUT2D eigenvalue weighted by atomic mass is 9.93. The van der Waals surface area contributed by atoms with Crippen molar-refractivity contribution >= 4 is 0 Å². The smallest absolute Gasteiger partial charge is 0.119 e. The van der Waals surface area contributed by atoms with Crippen LogP contribution in [0.2, 0.25) is 0 Å². The first-order chi connectivity index (χ1) is 6.21. The molecule has 1 aliphatic heterocycles. The average Bonchev–Trinajstić information content (AvgIpc) is 2.63. The summed E-state index contributed by atoms with van der Waals surface area (Å²) in [5.41, 5.74) is -0.0109. The Hall–Kier alpha value is -0.0800. The highest BCUT2D eigenvalue weighted by Crippen LogP contribution is 2.36. The van der Waals surface area contributed by atoms with Crippen molar-refractivity contribution in [1.82, 2.24) is 5.32 Å². The van der Waals surface area contributed by atoms with E-state index in [1.165, 1.54) is 25.7 Å². The molecule has 2 rings (SSSR count). The zero-order valence-corrected chi connectivity index (χ0v) is 8.81. The van der Waals surface area contributed by atoms with Gasteiger partial charge in [-0.25, -0.2) is 0 Å². The predicted molar refractivity (Wildman–Crippen MR) is 53.5 cm³/mol. The molecule has 1 saturated carbocycles. The molecule has 0 aromatic carbocycles. The number of rotatable bonds is 1. The molecule has 2 unspecified atom stereocenters. The summed E-state index contributed by atoms with van der Waals surface area (Å²) in [5, 5.41) is 3.56. The topological polar surface area (TPSA) is 21.3 Å². The second-order valence-corrected chi connectivity index (χ2v) is 4.89. The monoisotopic (exact) mass is 183 g/mol. The summed E-state index contributed by atoms with van der Waals surface area (Å²) in [6, 6.07) is 0. The summed E-state index contributed by atoms with van der Waals surface area (Å²) in [5.74, 6) is 1.43. The molecule has 1 aliphatic carbocycles. The molecule has 13 heavy (non-hydrogen) atoms. The van der Waals surface area contributed by atoms with E-state index in [2.05, 4.69) is 19.2 Å². The summed E-state index contributed by atoms with van der Waals surface area (Å²) < 4.78 is 5.95. The van der Waals surface area contributed by atoms with Gasteiger partial charge in [0.15, 0.2) is 0 Å². The number of hydrogen-bond acceptors (Lipinski definition) is 2. The Labute approximate surface area is 81.0 Å². The van der Waals surface area contributed by atoms with E-state index in [1.807, 2.05) is 0 Å². The maximum atomic E-state index is 5.95. The van der Waals surface area contributed by atoms with Crippen LogP contribution in [-0.2, 0) is 4.74 Å². The van der Waals surface area contributed by atoms with Crippen molar-refractivity contribution in [2.75, 3.05) is 13.2 Å². The lowest BCUT2D eigenvalue weighted by Crippen LogP contribution is -2.56. The van der Waals surface area contributed by atoms with Crippen LogP contribution in [0.3, 0.4) is 0 Å². The van der Waals surface area contributed by atoms with Gasteiger partial charge in [0.2, 0.25) is 0 Å². The Balaban J connectivity index is 1.95. The standard InChI is InChI=1S/C11H21NO/c1-9-7-12-11(2,13-8-9)10-5-3-4-6-10/h9-10,12H,3-8H2,1-2H3. The molecule has 0 spiro atoms. The fourth-order valence-corrected chi connectivity index (χ4v) is 2.54. The number of ether oxygens (including phenoxy) is 1. The highest BCUT2D eigenvalue weighted by Gasteiger charge is 2.39. The van der Waals surface area contributed by atoms with Crippen LogP contribution >= 0.6 is 0 Å². The van der Waals surface area contributed by atoms with E-state index in [0.29, 0.717) is 5.92 Å². The lowest BCUT2D eigenvalue weighted by molar-refractivity contribution is -0.134. The maximum Gasteiger partial charge on any atom is 0.119 e. The Morgan fingerprint density at radius 2 is 2.00 bits per heavy atom. The third-order valence-corrected chi connectivity index (χ3v) is 3.60. The summed E-state index contributed by atoms with van der Waals surface area (Å²) in [7, 11) is 0. The van der Waals surface area contributed by atoms with Gasteiger partial charge < -0.3 is 4.74 Å². The second-order valence-electron chi connectivity index (χ2n) is 4.89. The first-order valence-electron chi connectivity index (χ1n) is 5.60. The Morgan fingerprint density at radius 3 is 2.54 bits per heavy atom. The van der Waals surface area contributed by atoms with Crippen molar-refractivity contribution in [3.8, 4) is 0 Å². The minimum Gasteiger partial charge on any atom is -0.360 e. The van der Waals surface area contributed by atoms with Crippen LogP contribution in [0.1, 0.15) is 39.5 Å². The Morgan fingerprint density at radius 1 is 1.31 bits per heavy atom. The van der Waals surface area contributed by atoms with Crippen molar-refractivity contribution in [3.05, 3.63) is 0 Å². The van der Waals surface area contributed by atoms with Crippen LogP contribution < -0.4 is 5.32 Å². The van der Waals surface area contributed by atoms with Crippen molar-refractivity contribution in [2.45, 2.75) is 45.3 Å². The lowest BCUT2D eigenvalue weighted by Gasteiger charge is -2.42. The largest absolute Gasteiger partial charge is 0.360 e. The van der Waals surface area contributed by atoms with E-state index in [0.717, 1.165) is 19.1 Å². The second kappa shape index (κ2) is 3.58. The van der Waals surface area contributed by atoms with Gasteiger partial charge in [0, 0.05) is 12.5 Å². The van der Waals surface area contributed by atoms with Gasteiger partial charge in [-0.3, -0.25) is 5.32 Å². The average molecular weight is 183 g/mol. The Kier molecular flexibility index (Phi) is 2.61. The molecule has 0 bridgehead atoms. The van der Waals surface area contributed by atoms with Gasteiger partial charge in [-0.15, -0.1) is 0 Å². The maximum absolute atomic E-state index is 5.95. The fraction of sp³-hybridized carbons (Fsp3) is 1.00. The van der Waals surface area contributed by atoms with E-state index < -0.39 is 0 Å². The molecule has 1 saturated heterocycles. The zero-order valence-electron chi connectivity index (χ0n) is 8.81. The van der Waals surface area contributed by atoms with Crippen molar-refractivity contribution in [1.29, 1.82) is 0 Å². The molecule has 2 atom stereocenters. The van der Waals surface area contributed by atoms with Gasteiger partial charge in [0.25, 0.3) is 0 Å². The van der Waals surface area contributed by atoms with Crippen LogP contribution in [-0.4, -0.2) is 18.9 Å². The molecule has 1 heterocycles. The normalized spacial score (nSPS) is 42.5. The molecule has 2 fully saturated rings. The predicted octanol–water partition coefficient (Wildman–Crippen LogP) is 2.15. The molecule has 2 heteroatoms. The molecule has 0 aromatic rings. The van der Waals surface area contributed by atoms with Gasteiger partial charge in [0.1, 0.15) is 5.72 Å². The zero-order chi connectivity index (χ0) is 9.31. The minimum atomic E-state index is -0.0109. The van der Waals surface area contributed by atoms with E-state index in [1.54, 1.807) is 0 Å². The van der Waals surface area contributed by atoms with Crippen molar-refractivity contribution in [2.24, 2.45) is 11.8 Å². The highest BCUT2D eigenvalue weighted by molar-refractivity contribution is 4.88. The first kappa shape index (κ1) is 9.47. The van der Waals surface area contributed by atoms with Gasteiger partial charge in [-0.05, 0) is 25.7 Å². The third kappa shape index (κ3) is 1.89. The van der Waals surface area contributed by atoms with Crippen LogP contribution in [0.15, 0.2) is 0 Å². The summed E-state index contributed by atoms with van der Waals surface area (Å²) in [6.07, 6.45) is 5.47. The van der Waals surface area contributed by atoms with Crippen LogP contribution in [0.25, 0.3) is 0 Å². The summed E-state index contributed by atoms with van der Waals surface area (Å²) in [6.45, 7) is 6.52.